The summed E-state index contributed by atoms with van der Waals surface area (Å²) in [6.45, 7) is 1.34. The summed E-state index contributed by atoms with van der Waals surface area (Å²) < 4.78 is 12.8. The van der Waals surface area contributed by atoms with Crippen molar-refractivity contribution >= 4 is 11.6 Å². The minimum absolute atomic E-state index is 0.0321. The van der Waals surface area contributed by atoms with E-state index in [9.17, 15) is 4.79 Å². The monoisotopic (exact) mass is 366 g/mol. The van der Waals surface area contributed by atoms with Gasteiger partial charge in [0, 0.05) is 25.2 Å². The highest BCUT2D eigenvalue weighted by atomic mass is 16.5. The van der Waals surface area contributed by atoms with E-state index < -0.39 is 0 Å². The van der Waals surface area contributed by atoms with E-state index in [1.807, 2.05) is 39.8 Å². The molecule has 140 valence electrons. The number of pyridine rings is 1. The Labute approximate surface area is 157 Å². The maximum absolute atomic E-state index is 13.0. The van der Waals surface area contributed by atoms with Crippen molar-refractivity contribution < 1.29 is 14.3 Å². The number of para-hydroxylation sites is 1. The lowest BCUT2D eigenvalue weighted by atomic mass is 9.95. The number of methoxy groups -OCH3 is 2. The Kier molecular flexibility index (Phi) is 4.66. The van der Waals surface area contributed by atoms with Crippen molar-refractivity contribution in [3.63, 3.8) is 0 Å². The van der Waals surface area contributed by atoms with Crippen LogP contribution >= 0.6 is 0 Å². The molecule has 0 atom stereocenters. The minimum Gasteiger partial charge on any atom is -0.493 e. The molecule has 7 heteroatoms. The first-order chi connectivity index (χ1) is 13.2. The van der Waals surface area contributed by atoms with E-state index >= 15 is 0 Å². The summed E-state index contributed by atoms with van der Waals surface area (Å²) in [5.41, 5.74) is 1.38. The SMILES string of the molecule is COc1cccc(C(=O)N2CCC(c3nnc4ccccn34)CC2)c1OC. The van der Waals surface area contributed by atoms with Crippen LogP contribution in [0, 0.1) is 0 Å². The van der Waals surface area contributed by atoms with Crippen LogP contribution in [-0.2, 0) is 0 Å². The molecule has 1 aliphatic rings. The lowest BCUT2D eigenvalue weighted by Crippen LogP contribution is -2.38. The molecule has 3 heterocycles. The van der Waals surface area contributed by atoms with Gasteiger partial charge >= 0.3 is 0 Å². The largest absolute Gasteiger partial charge is 0.493 e. The summed E-state index contributed by atoms with van der Waals surface area (Å²) in [4.78, 5) is 14.9. The fraction of sp³-hybridized carbons (Fsp3) is 0.350. The molecular formula is C20H22N4O3. The van der Waals surface area contributed by atoms with E-state index in [2.05, 4.69) is 10.2 Å². The zero-order chi connectivity index (χ0) is 18.8. The predicted octanol–water partition coefficient (Wildman–Crippen LogP) is 2.77. The highest BCUT2D eigenvalue weighted by molar-refractivity contribution is 5.97. The van der Waals surface area contributed by atoms with E-state index in [1.165, 1.54) is 0 Å². The second-order valence-electron chi connectivity index (χ2n) is 6.59. The number of ether oxygens (including phenoxy) is 2. The fourth-order valence-electron chi connectivity index (χ4n) is 3.70. The van der Waals surface area contributed by atoms with Crippen LogP contribution in [0.3, 0.4) is 0 Å². The number of carbonyl (C=O) groups is 1. The van der Waals surface area contributed by atoms with Gasteiger partial charge in [-0.2, -0.15) is 0 Å². The second-order valence-corrected chi connectivity index (χ2v) is 6.59. The van der Waals surface area contributed by atoms with Crippen LogP contribution in [0.2, 0.25) is 0 Å². The first-order valence-electron chi connectivity index (χ1n) is 9.03. The fourth-order valence-corrected chi connectivity index (χ4v) is 3.70. The molecule has 3 aromatic rings. The van der Waals surface area contributed by atoms with Gasteiger partial charge in [-0.15, -0.1) is 10.2 Å². The number of rotatable bonds is 4. The van der Waals surface area contributed by atoms with Crippen molar-refractivity contribution in [3.8, 4) is 11.5 Å². The number of likely N-dealkylation sites (tertiary alicyclic amines) is 1. The van der Waals surface area contributed by atoms with Crippen LogP contribution in [0.25, 0.3) is 5.65 Å². The first kappa shape index (κ1) is 17.3. The van der Waals surface area contributed by atoms with Crippen molar-refractivity contribution in [2.75, 3.05) is 27.3 Å². The summed E-state index contributed by atoms with van der Waals surface area (Å²) in [5, 5.41) is 8.61. The third-order valence-corrected chi connectivity index (χ3v) is 5.12. The third kappa shape index (κ3) is 3.09. The van der Waals surface area contributed by atoms with E-state index in [4.69, 9.17) is 9.47 Å². The van der Waals surface area contributed by atoms with Gasteiger partial charge in [0.1, 0.15) is 5.82 Å². The number of hydrogen-bond acceptors (Lipinski definition) is 5. The summed E-state index contributed by atoms with van der Waals surface area (Å²) in [5.74, 6) is 2.27. The van der Waals surface area contributed by atoms with Crippen LogP contribution in [0.5, 0.6) is 11.5 Å². The lowest BCUT2D eigenvalue weighted by Gasteiger charge is -2.31. The van der Waals surface area contributed by atoms with Gasteiger partial charge < -0.3 is 14.4 Å². The van der Waals surface area contributed by atoms with Crippen LogP contribution in [0.15, 0.2) is 42.6 Å². The van der Waals surface area contributed by atoms with Gasteiger partial charge in [-0.1, -0.05) is 12.1 Å². The molecule has 1 amide bonds. The quantitative estimate of drug-likeness (QED) is 0.710. The zero-order valence-corrected chi connectivity index (χ0v) is 15.5. The van der Waals surface area contributed by atoms with Crippen LogP contribution in [-0.4, -0.2) is 52.7 Å². The summed E-state index contributed by atoms with van der Waals surface area (Å²) >= 11 is 0. The maximum atomic E-state index is 13.0. The molecule has 1 saturated heterocycles. The highest BCUT2D eigenvalue weighted by Crippen LogP contribution is 2.33. The molecule has 1 aliphatic heterocycles. The Morgan fingerprint density at radius 1 is 1.04 bits per heavy atom. The summed E-state index contributed by atoms with van der Waals surface area (Å²) in [7, 11) is 3.12. The van der Waals surface area contributed by atoms with E-state index in [-0.39, 0.29) is 5.91 Å². The Morgan fingerprint density at radius 3 is 2.59 bits per heavy atom. The Balaban J connectivity index is 1.50. The van der Waals surface area contributed by atoms with Crippen molar-refractivity contribution in [2.45, 2.75) is 18.8 Å². The third-order valence-electron chi connectivity index (χ3n) is 5.12. The molecule has 1 fully saturated rings. The molecule has 0 saturated carbocycles. The normalized spacial score (nSPS) is 15.1. The van der Waals surface area contributed by atoms with E-state index in [0.717, 1.165) is 24.3 Å². The molecule has 2 aromatic heterocycles. The van der Waals surface area contributed by atoms with Gasteiger partial charge in [0.15, 0.2) is 17.1 Å². The molecule has 0 unspecified atom stereocenters. The zero-order valence-electron chi connectivity index (χ0n) is 15.5. The Bertz CT molecular complexity index is 961. The average molecular weight is 366 g/mol. The van der Waals surface area contributed by atoms with Crippen molar-refractivity contribution in [2.24, 2.45) is 0 Å². The number of carbonyl (C=O) groups excluding carboxylic acids is 1. The molecule has 0 spiro atoms. The summed E-state index contributed by atoms with van der Waals surface area (Å²) in [6.07, 6.45) is 3.70. The lowest BCUT2D eigenvalue weighted by molar-refractivity contribution is 0.0707. The molecule has 1 aromatic carbocycles. The topological polar surface area (TPSA) is 69.0 Å². The molecule has 0 radical (unpaired) electrons. The Hall–Kier alpha value is -3.09. The predicted molar refractivity (Wildman–Crippen MR) is 100 cm³/mol. The smallest absolute Gasteiger partial charge is 0.257 e. The van der Waals surface area contributed by atoms with Crippen LogP contribution in [0.4, 0.5) is 0 Å². The standard InChI is InChI=1S/C20H22N4O3/c1-26-16-7-5-6-15(18(16)27-2)20(25)23-12-9-14(10-13-23)19-22-21-17-8-3-4-11-24(17)19/h3-8,11,14H,9-10,12-13H2,1-2H3. The first-order valence-corrected chi connectivity index (χ1v) is 9.03. The van der Waals surface area contributed by atoms with Crippen molar-refractivity contribution in [1.82, 2.24) is 19.5 Å². The average Bonchev–Trinajstić information content (AvgIpc) is 3.17. The van der Waals surface area contributed by atoms with Crippen molar-refractivity contribution in [3.05, 3.63) is 54.0 Å². The van der Waals surface area contributed by atoms with E-state index in [1.54, 1.807) is 26.4 Å². The molecule has 0 aliphatic carbocycles. The van der Waals surface area contributed by atoms with E-state index in [0.29, 0.717) is 36.1 Å². The van der Waals surface area contributed by atoms with Gasteiger partial charge in [-0.05, 0) is 37.1 Å². The minimum atomic E-state index is -0.0321. The highest BCUT2D eigenvalue weighted by Gasteiger charge is 2.29. The summed E-state index contributed by atoms with van der Waals surface area (Å²) in [6, 6.07) is 11.3. The number of hydrogen-bond donors (Lipinski definition) is 0. The molecule has 7 nitrogen and oxygen atoms in total. The molecule has 0 N–H and O–H groups in total. The van der Waals surface area contributed by atoms with Crippen LogP contribution in [0.1, 0.15) is 34.9 Å². The molecular weight excluding hydrogens is 344 g/mol. The number of nitrogens with zero attached hydrogens (tertiary/aromatic N) is 4. The van der Waals surface area contributed by atoms with Crippen LogP contribution < -0.4 is 9.47 Å². The molecule has 0 bridgehead atoms. The van der Waals surface area contributed by atoms with Crippen molar-refractivity contribution in [1.29, 1.82) is 0 Å². The van der Waals surface area contributed by atoms with Gasteiger partial charge in [0.2, 0.25) is 0 Å². The maximum Gasteiger partial charge on any atom is 0.257 e. The Morgan fingerprint density at radius 2 is 1.85 bits per heavy atom. The number of benzene rings is 1. The number of amides is 1. The van der Waals surface area contributed by atoms with Gasteiger partial charge in [-0.25, -0.2) is 0 Å². The van der Waals surface area contributed by atoms with Gasteiger partial charge in [0.25, 0.3) is 5.91 Å². The number of fused-ring (bicyclic) bond motifs is 1. The molecule has 4 rings (SSSR count). The number of piperidine rings is 1. The second kappa shape index (κ2) is 7.26. The van der Waals surface area contributed by atoms with Gasteiger partial charge in [-0.3, -0.25) is 9.20 Å². The molecule has 27 heavy (non-hydrogen) atoms. The number of aromatic nitrogens is 3. The van der Waals surface area contributed by atoms with Gasteiger partial charge in [0.05, 0.1) is 19.8 Å².